The van der Waals surface area contributed by atoms with Gasteiger partial charge >= 0.3 is 0 Å². The Bertz CT molecular complexity index is 467. The molecule has 17 heavy (non-hydrogen) atoms. The summed E-state index contributed by atoms with van der Waals surface area (Å²) in [5.41, 5.74) is 4.11. The summed E-state index contributed by atoms with van der Waals surface area (Å²) < 4.78 is 4.92. The van der Waals surface area contributed by atoms with Crippen LogP contribution in [0.25, 0.3) is 0 Å². The lowest BCUT2D eigenvalue weighted by Crippen LogP contribution is -2.37. The summed E-state index contributed by atoms with van der Waals surface area (Å²) in [6.45, 7) is 3.65. The van der Waals surface area contributed by atoms with E-state index >= 15 is 0 Å². The van der Waals surface area contributed by atoms with Crippen LogP contribution in [0.15, 0.2) is 11.1 Å². The Morgan fingerprint density at radius 1 is 1.65 bits per heavy atom. The molecule has 0 saturated heterocycles. The molecule has 0 unspecified atom stereocenters. The number of hydrogen-bond acceptors (Lipinski definition) is 5. The van der Waals surface area contributed by atoms with Crippen molar-refractivity contribution >= 4 is 11.7 Å². The molecule has 1 rings (SSSR count). The lowest BCUT2D eigenvalue weighted by atomic mass is 9.93. The minimum absolute atomic E-state index is 0.0766. The summed E-state index contributed by atoms with van der Waals surface area (Å²) in [5, 5.41) is 2.87. The van der Waals surface area contributed by atoms with Gasteiger partial charge in [-0.15, -0.1) is 0 Å². The molecule has 0 spiro atoms. The topological polar surface area (TPSA) is 110 Å². The van der Waals surface area contributed by atoms with Gasteiger partial charge in [0.1, 0.15) is 0 Å². The molecule has 1 aromatic rings. The molecule has 7 heteroatoms. The van der Waals surface area contributed by atoms with Gasteiger partial charge in [0.2, 0.25) is 11.7 Å². The van der Waals surface area contributed by atoms with Gasteiger partial charge in [0, 0.05) is 6.54 Å². The number of amides is 1. The van der Waals surface area contributed by atoms with Crippen molar-refractivity contribution in [2.45, 2.75) is 13.8 Å². The normalized spacial score (nSPS) is 11.0. The third kappa shape index (κ3) is 2.96. The third-order valence-electron chi connectivity index (χ3n) is 2.38. The molecule has 0 saturated carbocycles. The summed E-state index contributed by atoms with van der Waals surface area (Å²) in [6.07, 6.45) is 1.25. The Hall–Kier alpha value is -2.05. The number of H-pyrrole nitrogens is 1. The highest BCUT2D eigenvalue weighted by molar-refractivity contribution is 5.80. The number of nitrogens with one attached hydrogen (secondary N) is 2. The van der Waals surface area contributed by atoms with Crippen LogP contribution in [-0.2, 0) is 4.79 Å². The molecule has 1 aromatic heterocycles. The Morgan fingerprint density at radius 3 is 2.82 bits per heavy atom. The lowest BCUT2D eigenvalue weighted by molar-refractivity contribution is -0.125. The molecule has 0 aromatic carbocycles. The van der Waals surface area contributed by atoms with Gasteiger partial charge in [0.15, 0.2) is 5.82 Å². The van der Waals surface area contributed by atoms with Gasteiger partial charge < -0.3 is 20.8 Å². The number of anilines is 1. The monoisotopic (exact) mass is 240 g/mol. The van der Waals surface area contributed by atoms with Crippen LogP contribution in [-0.4, -0.2) is 29.5 Å². The highest BCUT2D eigenvalue weighted by Crippen LogP contribution is 2.19. The Kier molecular flexibility index (Phi) is 3.72. The second-order valence-corrected chi connectivity index (χ2v) is 4.22. The SMILES string of the molecule is COc1c(NCC(C)(C)C(N)=O)nc[nH]c1=O. The van der Waals surface area contributed by atoms with Gasteiger partial charge in [-0.25, -0.2) is 4.98 Å². The summed E-state index contributed by atoms with van der Waals surface area (Å²) in [6, 6.07) is 0. The number of carbonyl (C=O) groups is 1. The number of ether oxygens (including phenoxy) is 1. The van der Waals surface area contributed by atoms with Gasteiger partial charge in [0.25, 0.3) is 5.56 Å². The summed E-state index contributed by atoms with van der Waals surface area (Å²) >= 11 is 0. The van der Waals surface area contributed by atoms with Crippen LogP contribution >= 0.6 is 0 Å². The van der Waals surface area contributed by atoms with Crippen molar-refractivity contribution in [1.29, 1.82) is 0 Å². The highest BCUT2D eigenvalue weighted by atomic mass is 16.5. The first-order chi connectivity index (χ1) is 7.88. The highest BCUT2D eigenvalue weighted by Gasteiger charge is 2.25. The van der Waals surface area contributed by atoms with E-state index < -0.39 is 11.3 Å². The first-order valence-corrected chi connectivity index (χ1v) is 5.04. The minimum Gasteiger partial charge on any atom is -0.489 e. The first kappa shape index (κ1) is 13.0. The van der Waals surface area contributed by atoms with Crippen LogP contribution in [0, 0.1) is 5.41 Å². The van der Waals surface area contributed by atoms with Gasteiger partial charge in [-0.05, 0) is 13.8 Å². The van der Waals surface area contributed by atoms with Crippen molar-refractivity contribution in [3.63, 3.8) is 0 Å². The van der Waals surface area contributed by atoms with Crippen molar-refractivity contribution < 1.29 is 9.53 Å². The second-order valence-electron chi connectivity index (χ2n) is 4.22. The van der Waals surface area contributed by atoms with Crippen LogP contribution in [0.3, 0.4) is 0 Å². The summed E-state index contributed by atoms with van der Waals surface area (Å²) in [4.78, 5) is 28.8. The molecule has 0 aliphatic carbocycles. The van der Waals surface area contributed by atoms with Gasteiger partial charge in [-0.2, -0.15) is 0 Å². The number of primary amides is 1. The molecule has 4 N–H and O–H groups in total. The van der Waals surface area contributed by atoms with E-state index in [1.54, 1.807) is 13.8 Å². The zero-order chi connectivity index (χ0) is 13.1. The largest absolute Gasteiger partial charge is 0.489 e. The molecule has 0 aliphatic rings. The first-order valence-electron chi connectivity index (χ1n) is 5.04. The van der Waals surface area contributed by atoms with Gasteiger partial charge in [0.05, 0.1) is 18.9 Å². The van der Waals surface area contributed by atoms with Crippen LogP contribution in [0.1, 0.15) is 13.8 Å². The molecular weight excluding hydrogens is 224 g/mol. The maximum atomic E-state index is 11.4. The van der Waals surface area contributed by atoms with E-state index in [1.165, 1.54) is 13.4 Å². The van der Waals surface area contributed by atoms with Crippen LogP contribution in [0.4, 0.5) is 5.82 Å². The van der Waals surface area contributed by atoms with Crippen molar-refractivity contribution in [3.8, 4) is 5.75 Å². The minimum atomic E-state index is -0.741. The smallest absolute Gasteiger partial charge is 0.295 e. The number of aromatic nitrogens is 2. The van der Waals surface area contributed by atoms with E-state index in [9.17, 15) is 9.59 Å². The van der Waals surface area contributed by atoms with Crippen LogP contribution in [0.5, 0.6) is 5.75 Å². The number of aromatic amines is 1. The maximum Gasteiger partial charge on any atom is 0.295 e. The number of nitrogens with two attached hydrogens (primary N) is 1. The van der Waals surface area contributed by atoms with E-state index in [0.29, 0.717) is 0 Å². The zero-order valence-electron chi connectivity index (χ0n) is 10.0. The van der Waals surface area contributed by atoms with Crippen molar-refractivity contribution in [3.05, 3.63) is 16.7 Å². The Labute approximate surface area is 98.4 Å². The van der Waals surface area contributed by atoms with Gasteiger partial charge in [-0.3, -0.25) is 9.59 Å². The zero-order valence-corrected chi connectivity index (χ0v) is 10.0. The molecule has 7 nitrogen and oxygen atoms in total. The van der Waals surface area contributed by atoms with Crippen molar-refractivity contribution in [2.24, 2.45) is 11.1 Å². The molecule has 0 fully saturated rings. The number of hydrogen-bond donors (Lipinski definition) is 3. The fraction of sp³-hybridized carbons (Fsp3) is 0.500. The molecule has 0 bridgehead atoms. The molecule has 1 heterocycles. The average Bonchev–Trinajstić information content (AvgIpc) is 2.26. The van der Waals surface area contributed by atoms with E-state index in [1.807, 2.05) is 0 Å². The van der Waals surface area contributed by atoms with E-state index in [2.05, 4.69) is 15.3 Å². The lowest BCUT2D eigenvalue weighted by Gasteiger charge is -2.21. The molecular formula is C10H16N4O3. The molecule has 94 valence electrons. The number of methoxy groups -OCH3 is 1. The summed E-state index contributed by atoms with van der Waals surface area (Å²) in [5.74, 6) is -0.0767. The fourth-order valence-electron chi connectivity index (χ4n) is 1.09. The number of nitrogens with zero attached hydrogens (tertiary/aromatic N) is 1. The summed E-state index contributed by atoms with van der Waals surface area (Å²) in [7, 11) is 1.37. The van der Waals surface area contributed by atoms with E-state index in [-0.39, 0.29) is 23.7 Å². The third-order valence-corrected chi connectivity index (χ3v) is 2.38. The van der Waals surface area contributed by atoms with Crippen molar-refractivity contribution in [2.75, 3.05) is 19.0 Å². The fourth-order valence-corrected chi connectivity index (χ4v) is 1.09. The van der Waals surface area contributed by atoms with E-state index in [0.717, 1.165) is 0 Å². The predicted octanol–water partition coefficient (Wildman–Crippen LogP) is -0.298. The predicted molar refractivity (Wildman–Crippen MR) is 62.9 cm³/mol. The van der Waals surface area contributed by atoms with E-state index in [4.69, 9.17) is 10.5 Å². The molecule has 0 radical (unpaired) electrons. The van der Waals surface area contributed by atoms with Crippen LogP contribution < -0.4 is 21.3 Å². The second kappa shape index (κ2) is 4.86. The van der Waals surface area contributed by atoms with Gasteiger partial charge in [-0.1, -0.05) is 0 Å². The number of carbonyl (C=O) groups excluding carboxylic acids is 1. The molecule has 1 amide bonds. The van der Waals surface area contributed by atoms with Crippen LogP contribution in [0.2, 0.25) is 0 Å². The molecule has 0 atom stereocenters. The average molecular weight is 240 g/mol. The quantitative estimate of drug-likeness (QED) is 0.654. The standard InChI is InChI=1S/C10H16N4O3/c1-10(2,9(11)16)4-12-7-6(17-3)8(15)14-5-13-7/h5H,4H2,1-3H3,(H2,11,16)(H2,12,13,14,15). The number of rotatable bonds is 5. The Morgan fingerprint density at radius 2 is 2.29 bits per heavy atom. The molecule has 0 aliphatic heterocycles. The Balaban J connectivity index is 2.87. The van der Waals surface area contributed by atoms with Crippen molar-refractivity contribution in [1.82, 2.24) is 9.97 Å². The maximum absolute atomic E-state index is 11.4.